The summed E-state index contributed by atoms with van der Waals surface area (Å²) in [5.74, 6) is -2.67. The molecule has 0 atom stereocenters. The molecule has 31 heavy (non-hydrogen) atoms. The second-order valence-electron chi connectivity index (χ2n) is 7.00. The Balaban J connectivity index is 1.68. The van der Waals surface area contributed by atoms with Gasteiger partial charge in [-0.3, -0.25) is 4.79 Å². The molecule has 2 aromatic rings. The summed E-state index contributed by atoms with van der Waals surface area (Å²) in [6, 6.07) is 9.16. The van der Waals surface area contributed by atoms with E-state index in [1.807, 2.05) is 6.07 Å². The molecule has 1 amide bonds. The van der Waals surface area contributed by atoms with Crippen LogP contribution >= 0.6 is 0 Å². The summed E-state index contributed by atoms with van der Waals surface area (Å²) in [7, 11) is -3.99. The minimum absolute atomic E-state index is 0.0654. The highest BCUT2D eigenvalue weighted by Gasteiger charge is 2.32. The van der Waals surface area contributed by atoms with E-state index >= 15 is 0 Å². The van der Waals surface area contributed by atoms with Crippen LogP contribution in [-0.2, 0) is 14.8 Å². The number of rotatable bonds is 6. The van der Waals surface area contributed by atoms with Gasteiger partial charge in [0, 0.05) is 19.0 Å². The molecule has 0 radical (unpaired) electrons. The molecule has 1 heterocycles. The number of amides is 1. The molecule has 0 aromatic heterocycles. The van der Waals surface area contributed by atoms with Crippen molar-refractivity contribution in [3.8, 4) is 11.8 Å². The number of halogens is 2. The van der Waals surface area contributed by atoms with E-state index in [1.165, 1.54) is 6.07 Å². The van der Waals surface area contributed by atoms with E-state index in [-0.39, 0.29) is 36.7 Å². The molecule has 1 fully saturated rings. The second kappa shape index (κ2) is 9.41. The highest BCUT2D eigenvalue weighted by molar-refractivity contribution is 7.89. The molecule has 1 aliphatic rings. The maximum atomic E-state index is 13.5. The topological polar surface area (TPSA) is 99.5 Å². The Hall–Kier alpha value is -3.03. The molecule has 0 saturated carbocycles. The maximum Gasteiger partial charge on any atom is 0.243 e. The zero-order valence-electron chi connectivity index (χ0n) is 16.8. The van der Waals surface area contributed by atoms with E-state index in [4.69, 9.17) is 10.00 Å². The lowest BCUT2D eigenvalue weighted by molar-refractivity contribution is -0.120. The molecule has 0 aliphatic carbocycles. The van der Waals surface area contributed by atoms with Gasteiger partial charge in [-0.2, -0.15) is 9.57 Å². The van der Waals surface area contributed by atoms with E-state index in [0.717, 1.165) is 16.4 Å². The highest BCUT2D eigenvalue weighted by atomic mass is 32.2. The Morgan fingerprint density at radius 3 is 2.52 bits per heavy atom. The van der Waals surface area contributed by atoms with Crippen LogP contribution in [0.3, 0.4) is 0 Å². The number of ether oxygens (including phenoxy) is 1. The van der Waals surface area contributed by atoms with E-state index in [0.29, 0.717) is 29.7 Å². The van der Waals surface area contributed by atoms with Gasteiger partial charge in [-0.1, -0.05) is 0 Å². The van der Waals surface area contributed by atoms with Gasteiger partial charge in [0.1, 0.15) is 5.75 Å². The average Bonchev–Trinajstić information content (AvgIpc) is 2.77. The third kappa shape index (κ3) is 5.00. The summed E-state index contributed by atoms with van der Waals surface area (Å²) >= 11 is 0. The molecule has 1 aliphatic heterocycles. The monoisotopic (exact) mass is 449 g/mol. The van der Waals surface area contributed by atoms with Gasteiger partial charge in [0.05, 0.1) is 28.8 Å². The molecule has 2 aromatic carbocycles. The number of piperidine rings is 1. The lowest BCUT2D eigenvalue weighted by Crippen LogP contribution is -2.41. The lowest BCUT2D eigenvalue weighted by Gasteiger charge is -2.30. The van der Waals surface area contributed by atoms with Crippen molar-refractivity contribution in [3.63, 3.8) is 0 Å². The van der Waals surface area contributed by atoms with Crippen LogP contribution < -0.4 is 10.1 Å². The maximum absolute atomic E-state index is 13.5. The summed E-state index contributed by atoms with van der Waals surface area (Å²) in [5.41, 5.74) is 0.744. The van der Waals surface area contributed by atoms with Gasteiger partial charge in [-0.05, 0) is 56.2 Å². The Bertz CT molecular complexity index is 1120. The molecule has 1 N–H and O–H groups in total. The number of carbonyl (C=O) groups excluding carboxylic acids is 1. The Morgan fingerprint density at radius 2 is 1.90 bits per heavy atom. The number of anilines is 1. The second-order valence-corrected chi connectivity index (χ2v) is 8.94. The molecule has 0 unspecified atom stereocenters. The highest BCUT2D eigenvalue weighted by Crippen LogP contribution is 2.29. The smallest absolute Gasteiger partial charge is 0.243 e. The third-order valence-corrected chi connectivity index (χ3v) is 6.91. The molecule has 164 valence electrons. The number of hydrogen-bond donors (Lipinski definition) is 1. The predicted octanol–water partition coefficient (Wildman–Crippen LogP) is 3.27. The fourth-order valence-electron chi connectivity index (χ4n) is 3.36. The zero-order valence-corrected chi connectivity index (χ0v) is 17.6. The zero-order chi connectivity index (χ0) is 22.6. The van der Waals surface area contributed by atoms with Crippen molar-refractivity contribution in [1.82, 2.24) is 4.31 Å². The minimum Gasteiger partial charge on any atom is -0.492 e. The van der Waals surface area contributed by atoms with Gasteiger partial charge < -0.3 is 10.1 Å². The Morgan fingerprint density at radius 1 is 1.19 bits per heavy atom. The first-order valence-electron chi connectivity index (χ1n) is 9.69. The number of sulfonamides is 1. The van der Waals surface area contributed by atoms with Crippen molar-refractivity contribution >= 4 is 21.6 Å². The van der Waals surface area contributed by atoms with E-state index in [9.17, 15) is 22.0 Å². The van der Waals surface area contributed by atoms with Gasteiger partial charge in [0.2, 0.25) is 15.9 Å². The van der Waals surface area contributed by atoms with E-state index in [2.05, 4.69) is 5.32 Å². The number of carbonyl (C=O) groups is 1. The summed E-state index contributed by atoms with van der Waals surface area (Å²) in [6.45, 7) is 2.31. The fraction of sp³-hybridized carbons (Fsp3) is 0.333. The molecule has 3 rings (SSSR count). The van der Waals surface area contributed by atoms with Gasteiger partial charge >= 0.3 is 0 Å². The number of nitrogens with one attached hydrogen (secondary N) is 1. The largest absolute Gasteiger partial charge is 0.492 e. The fourth-order valence-corrected chi connectivity index (χ4v) is 4.84. The van der Waals surface area contributed by atoms with Crippen LogP contribution in [0.4, 0.5) is 14.5 Å². The summed E-state index contributed by atoms with van der Waals surface area (Å²) in [5, 5.41) is 11.9. The van der Waals surface area contributed by atoms with Crippen molar-refractivity contribution in [1.29, 1.82) is 5.26 Å². The summed E-state index contributed by atoms with van der Waals surface area (Å²) in [6.07, 6.45) is 0.521. The minimum atomic E-state index is -3.99. The first-order valence-corrected chi connectivity index (χ1v) is 11.1. The van der Waals surface area contributed by atoms with Crippen molar-refractivity contribution in [3.05, 3.63) is 53.6 Å². The first kappa shape index (κ1) is 22.7. The quantitative estimate of drug-likeness (QED) is 0.730. The van der Waals surface area contributed by atoms with Crippen LogP contribution in [0.25, 0.3) is 0 Å². The van der Waals surface area contributed by atoms with Gasteiger partial charge in [-0.25, -0.2) is 17.2 Å². The van der Waals surface area contributed by atoms with Gasteiger partial charge in [0.25, 0.3) is 0 Å². The van der Waals surface area contributed by atoms with Gasteiger partial charge in [-0.15, -0.1) is 0 Å². The number of nitrogens with zero attached hydrogens (tertiary/aromatic N) is 2. The van der Waals surface area contributed by atoms with Gasteiger partial charge in [0.15, 0.2) is 11.6 Å². The number of nitriles is 1. The standard InChI is InChI=1S/C21H21F2N3O4S/c1-2-30-20-6-3-14(13-24)11-19(20)25-21(27)15-7-9-26(10-8-15)31(28,29)16-4-5-17(22)18(23)12-16/h3-6,11-12,15H,2,7-10H2,1H3,(H,25,27). The average molecular weight is 449 g/mol. The Kier molecular flexibility index (Phi) is 6.87. The van der Waals surface area contributed by atoms with Crippen LogP contribution in [0.1, 0.15) is 25.3 Å². The first-order chi connectivity index (χ1) is 14.8. The van der Waals surface area contributed by atoms with Crippen LogP contribution in [0.2, 0.25) is 0 Å². The van der Waals surface area contributed by atoms with Crippen molar-refractivity contribution in [2.24, 2.45) is 5.92 Å². The SMILES string of the molecule is CCOc1ccc(C#N)cc1NC(=O)C1CCN(S(=O)(=O)c2ccc(F)c(F)c2)CC1. The van der Waals surface area contributed by atoms with E-state index in [1.54, 1.807) is 19.1 Å². The van der Waals surface area contributed by atoms with Crippen LogP contribution in [0, 0.1) is 28.9 Å². The molecular weight excluding hydrogens is 428 g/mol. The molecule has 1 saturated heterocycles. The van der Waals surface area contributed by atoms with E-state index < -0.39 is 27.6 Å². The lowest BCUT2D eigenvalue weighted by atomic mass is 9.97. The van der Waals surface area contributed by atoms with Crippen molar-refractivity contribution in [2.45, 2.75) is 24.7 Å². The number of benzene rings is 2. The van der Waals surface area contributed by atoms with Crippen molar-refractivity contribution in [2.75, 3.05) is 25.0 Å². The summed E-state index contributed by atoms with van der Waals surface area (Å²) < 4.78 is 58.6. The number of hydrogen-bond acceptors (Lipinski definition) is 5. The molecular formula is C21H21F2N3O4S. The molecule has 10 heteroatoms. The molecule has 7 nitrogen and oxygen atoms in total. The van der Waals surface area contributed by atoms with Crippen molar-refractivity contribution < 1.29 is 26.7 Å². The van der Waals surface area contributed by atoms with Crippen LogP contribution in [0.15, 0.2) is 41.3 Å². The third-order valence-electron chi connectivity index (χ3n) is 5.02. The Labute approximate surface area is 179 Å². The van der Waals surface area contributed by atoms with Crippen LogP contribution in [0.5, 0.6) is 5.75 Å². The molecule has 0 spiro atoms. The van der Waals surface area contributed by atoms with Crippen LogP contribution in [-0.4, -0.2) is 38.3 Å². The summed E-state index contributed by atoms with van der Waals surface area (Å²) in [4.78, 5) is 12.4. The predicted molar refractivity (Wildman–Crippen MR) is 109 cm³/mol. The normalized spacial score (nSPS) is 15.3. The molecule has 0 bridgehead atoms.